The molecule has 5 rings (SSSR count). The van der Waals surface area contributed by atoms with E-state index < -0.39 is 38.0 Å². The Balaban J connectivity index is 1.56. The molecule has 0 bridgehead atoms. The lowest BCUT2D eigenvalue weighted by molar-refractivity contribution is -0.138. The molecule has 0 radical (unpaired) electrons. The fraction of sp³-hybridized carbons (Fsp3) is 0.148. The Bertz CT molecular complexity index is 1880. The first-order valence-electron chi connectivity index (χ1n) is 11.6. The van der Waals surface area contributed by atoms with E-state index in [9.17, 15) is 26.4 Å². The average molecular weight is 555 g/mol. The molecule has 0 N–H and O–H groups in total. The van der Waals surface area contributed by atoms with Gasteiger partial charge < -0.3 is 4.74 Å². The van der Waals surface area contributed by atoms with Gasteiger partial charge in [-0.25, -0.2) is 8.42 Å². The van der Waals surface area contributed by atoms with Crippen LogP contribution in [0.1, 0.15) is 16.7 Å². The van der Waals surface area contributed by atoms with Gasteiger partial charge in [0.25, 0.3) is 5.16 Å². The largest absolute Gasteiger partial charge is 0.497 e. The Kier molecular flexibility index (Phi) is 6.51. The molecule has 3 aromatic carbocycles. The quantitative estimate of drug-likeness (QED) is 0.298. The number of aromatic nitrogens is 4. The first kappa shape index (κ1) is 26.2. The molecule has 0 fully saturated rings. The van der Waals surface area contributed by atoms with Crippen molar-refractivity contribution in [3.63, 3.8) is 0 Å². The lowest BCUT2D eigenvalue weighted by Gasteiger charge is -2.15. The van der Waals surface area contributed by atoms with Crippen LogP contribution in [0.25, 0.3) is 22.5 Å². The predicted octanol–water partition coefficient (Wildman–Crippen LogP) is 4.86. The van der Waals surface area contributed by atoms with Gasteiger partial charge in [0.2, 0.25) is 15.5 Å². The normalized spacial score (nSPS) is 12.1. The summed E-state index contributed by atoms with van der Waals surface area (Å²) in [5, 5.41) is 7.10. The van der Waals surface area contributed by atoms with E-state index in [1.807, 2.05) is 6.07 Å². The van der Waals surface area contributed by atoms with E-state index in [-0.39, 0.29) is 16.9 Å². The zero-order valence-corrected chi connectivity index (χ0v) is 21.5. The number of fused-ring (bicyclic) bond motifs is 1. The smallest absolute Gasteiger partial charge is 0.416 e. The van der Waals surface area contributed by atoms with E-state index in [2.05, 4.69) is 10.2 Å². The number of nitrogens with zero attached hydrogens (tertiary/aromatic N) is 4. The predicted molar refractivity (Wildman–Crippen MR) is 138 cm³/mol. The van der Waals surface area contributed by atoms with Crippen molar-refractivity contribution in [2.45, 2.75) is 24.0 Å². The van der Waals surface area contributed by atoms with Gasteiger partial charge in [0.05, 0.1) is 24.1 Å². The molecule has 0 aliphatic carbocycles. The highest BCUT2D eigenvalue weighted by atomic mass is 32.2. The SMILES string of the molecule is COc1cccc(-c2ccccc2CS(=O)(=O)c2nnc3c(=O)n(-c4cccc(C(F)(F)F)c4C)ccn23)c1. The second-order valence-corrected chi connectivity index (χ2v) is 10.6. The minimum absolute atomic E-state index is 0.00283. The Morgan fingerprint density at radius 3 is 2.44 bits per heavy atom. The first-order valence-corrected chi connectivity index (χ1v) is 13.2. The molecule has 200 valence electrons. The third kappa shape index (κ3) is 4.78. The van der Waals surface area contributed by atoms with E-state index in [1.54, 1.807) is 42.5 Å². The Hall–Kier alpha value is -4.45. The minimum atomic E-state index is -4.61. The van der Waals surface area contributed by atoms with Crippen molar-refractivity contribution in [1.29, 1.82) is 0 Å². The van der Waals surface area contributed by atoms with Crippen molar-refractivity contribution in [2.75, 3.05) is 7.11 Å². The van der Waals surface area contributed by atoms with Gasteiger partial charge in [0, 0.05) is 12.4 Å². The van der Waals surface area contributed by atoms with Gasteiger partial charge in [0.15, 0.2) is 0 Å². The molecule has 0 amide bonds. The van der Waals surface area contributed by atoms with E-state index in [4.69, 9.17) is 4.74 Å². The summed E-state index contributed by atoms with van der Waals surface area (Å²) in [5.74, 6) is 0.178. The lowest BCUT2D eigenvalue weighted by Crippen LogP contribution is -2.22. The molecule has 0 unspecified atom stereocenters. The van der Waals surface area contributed by atoms with Crippen LogP contribution in [0.15, 0.2) is 89.1 Å². The molecular weight excluding hydrogens is 533 g/mol. The van der Waals surface area contributed by atoms with Crippen LogP contribution in [0.3, 0.4) is 0 Å². The number of alkyl halides is 3. The van der Waals surface area contributed by atoms with Gasteiger partial charge in [0.1, 0.15) is 5.75 Å². The standard InChI is InChI=1S/C27H21F3N4O4S/c1-17-22(27(28,29)30)11-6-12-23(17)33-13-14-34-24(25(33)35)31-32-26(34)39(36,37)16-19-7-3-4-10-21(19)18-8-5-9-20(15-18)38-2/h3-15H,16H2,1-2H3. The summed E-state index contributed by atoms with van der Waals surface area (Å²) in [6.45, 7) is 1.26. The maximum Gasteiger partial charge on any atom is 0.416 e. The third-order valence-corrected chi connectivity index (χ3v) is 7.86. The number of methoxy groups -OCH3 is 1. The van der Waals surface area contributed by atoms with E-state index >= 15 is 0 Å². The van der Waals surface area contributed by atoms with Crippen molar-refractivity contribution in [3.05, 3.63) is 106 Å². The summed E-state index contributed by atoms with van der Waals surface area (Å²) in [5.41, 5.74) is -0.266. The monoisotopic (exact) mass is 554 g/mol. The Morgan fingerprint density at radius 2 is 1.69 bits per heavy atom. The lowest BCUT2D eigenvalue weighted by atomic mass is 10.0. The molecule has 8 nitrogen and oxygen atoms in total. The highest BCUT2D eigenvalue weighted by Crippen LogP contribution is 2.34. The molecule has 0 aliphatic rings. The number of benzene rings is 3. The summed E-state index contributed by atoms with van der Waals surface area (Å²) < 4.78 is 74.5. The first-order chi connectivity index (χ1) is 18.5. The summed E-state index contributed by atoms with van der Waals surface area (Å²) >= 11 is 0. The van der Waals surface area contributed by atoms with Crippen LogP contribution in [0.4, 0.5) is 13.2 Å². The van der Waals surface area contributed by atoms with Gasteiger partial charge in [-0.2, -0.15) is 13.2 Å². The van der Waals surface area contributed by atoms with Crippen LogP contribution in [-0.4, -0.2) is 34.7 Å². The number of rotatable bonds is 6. The van der Waals surface area contributed by atoms with Crippen LogP contribution in [0.5, 0.6) is 5.75 Å². The maximum atomic E-state index is 13.5. The highest BCUT2D eigenvalue weighted by molar-refractivity contribution is 7.90. The van der Waals surface area contributed by atoms with Gasteiger partial charge in [-0.05, 0) is 53.4 Å². The number of hydrogen-bond acceptors (Lipinski definition) is 6. The molecule has 39 heavy (non-hydrogen) atoms. The van der Waals surface area contributed by atoms with Crippen molar-refractivity contribution in [3.8, 4) is 22.6 Å². The number of ether oxygens (including phenoxy) is 1. The number of sulfone groups is 1. The van der Waals surface area contributed by atoms with Crippen molar-refractivity contribution in [1.82, 2.24) is 19.2 Å². The molecular formula is C27H21F3N4O4S. The van der Waals surface area contributed by atoms with Gasteiger partial charge in [-0.1, -0.05) is 42.5 Å². The fourth-order valence-corrected chi connectivity index (χ4v) is 5.85. The van der Waals surface area contributed by atoms with E-state index in [1.165, 1.54) is 38.6 Å². The van der Waals surface area contributed by atoms with Crippen LogP contribution >= 0.6 is 0 Å². The summed E-state index contributed by atoms with van der Waals surface area (Å²) in [7, 11) is -2.57. The second-order valence-electron chi connectivity index (χ2n) is 8.75. The van der Waals surface area contributed by atoms with Crippen molar-refractivity contribution >= 4 is 15.5 Å². The van der Waals surface area contributed by atoms with Gasteiger partial charge in [-0.15, -0.1) is 10.2 Å². The van der Waals surface area contributed by atoms with E-state index in [0.29, 0.717) is 16.9 Å². The minimum Gasteiger partial charge on any atom is -0.497 e. The second kappa shape index (κ2) is 9.70. The highest BCUT2D eigenvalue weighted by Gasteiger charge is 2.33. The molecule has 2 heterocycles. The van der Waals surface area contributed by atoms with Gasteiger partial charge >= 0.3 is 11.7 Å². The molecule has 0 saturated heterocycles. The molecule has 12 heteroatoms. The van der Waals surface area contributed by atoms with Crippen molar-refractivity contribution in [2.24, 2.45) is 0 Å². The number of hydrogen-bond donors (Lipinski definition) is 0. The zero-order chi connectivity index (χ0) is 27.9. The molecule has 2 aromatic heterocycles. The van der Waals surface area contributed by atoms with Crippen LogP contribution in [0.2, 0.25) is 0 Å². The fourth-order valence-electron chi connectivity index (χ4n) is 4.45. The molecule has 0 spiro atoms. The summed E-state index contributed by atoms with van der Waals surface area (Å²) in [6, 6.07) is 17.6. The summed E-state index contributed by atoms with van der Waals surface area (Å²) in [6.07, 6.45) is -2.16. The zero-order valence-electron chi connectivity index (χ0n) is 20.7. The van der Waals surface area contributed by atoms with E-state index in [0.717, 1.165) is 20.6 Å². The summed E-state index contributed by atoms with van der Waals surface area (Å²) in [4.78, 5) is 13.2. The Morgan fingerprint density at radius 1 is 0.949 bits per heavy atom. The molecule has 0 aliphatic heterocycles. The van der Waals surface area contributed by atoms with Crippen LogP contribution in [0, 0.1) is 6.92 Å². The molecule has 0 saturated carbocycles. The average Bonchev–Trinajstić information content (AvgIpc) is 3.35. The maximum absolute atomic E-state index is 13.5. The van der Waals surface area contributed by atoms with Crippen LogP contribution in [-0.2, 0) is 21.8 Å². The number of halogens is 3. The third-order valence-electron chi connectivity index (χ3n) is 6.33. The molecule has 0 atom stereocenters. The van der Waals surface area contributed by atoms with Crippen LogP contribution < -0.4 is 10.3 Å². The van der Waals surface area contributed by atoms with Crippen molar-refractivity contribution < 1.29 is 26.3 Å². The van der Waals surface area contributed by atoms with Gasteiger partial charge in [-0.3, -0.25) is 13.8 Å². The topological polar surface area (TPSA) is 95.6 Å². The Labute approximate surface area is 220 Å². The molecule has 5 aromatic rings.